The van der Waals surface area contributed by atoms with Crippen molar-refractivity contribution in [2.24, 2.45) is 0 Å². The molecule has 7 heteroatoms. The zero-order valence-corrected chi connectivity index (χ0v) is 15.9. The number of unbranched alkanes of at least 4 members (excludes halogenated alkanes) is 1. The molecule has 0 heterocycles. The number of hydrogen-bond donors (Lipinski definition) is 2. The van der Waals surface area contributed by atoms with E-state index >= 15 is 0 Å². The Balaban J connectivity index is 1.91. The third-order valence-corrected chi connectivity index (χ3v) is 5.77. The molecule has 0 fully saturated rings. The molecule has 2 aromatic carbocycles. The van der Waals surface area contributed by atoms with E-state index in [1.165, 1.54) is 4.31 Å². The second kappa shape index (κ2) is 9.35. The SMILES string of the molecule is CCCCN(C)S(=O)(=O)c1ccc(NCC(=O)Nc2ccccc2)cc1. The molecule has 0 aliphatic rings. The smallest absolute Gasteiger partial charge is 0.243 e. The monoisotopic (exact) mass is 375 g/mol. The van der Waals surface area contributed by atoms with Gasteiger partial charge in [0, 0.05) is 25.0 Å². The zero-order valence-electron chi connectivity index (χ0n) is 15.1. The molecule has 0 saturated carbocycles. The predicted octanol–water partition coefficient (Wildman–Crippen LogP) is 3.16. The number of hydrogen-bond acceptors (Lipinski definition) is 4. The van der Waals surface area contributed by atoms with Crippen LogP contribution in [0.1, 0.15) is 19.8 Å². The number of carbonyl (C=O) groups excluding carboxylic acids is 1. The van der Waals surface area contributed by atoms with Gasteiger partial charge in [-0.25, -0.2) is 12.7 Å². The highest BCUT2D eigenvalue weighted by molar-refractivity contribution is 7.89. The lowest BCUT2D eigenvalue weighted by molar-refractivity contribution is -0.114. The standard InChI is InChI=1S/C19H25N3O3S/c1-3-4-14-22(2)26(24,25)18-12-10-16(11-13-18)20-15-19(23)21-17-8-6-5-7-9-17/h5-13,20H,3-4,14-15H2,1-2H3,(H,21,23). The van der Waals surface area contributed by atoms with Crippen molar-refractivity contribution in [2.75, 3.05) is 30.8 Å². The summed E-state index contributed by atoms with van der Waals surface area (Å²) in [6.07, 6.45) is 1.76. The molecular formula is C19H25N3O3S. The van der Waals surface area contributed by atoms with E-state index in [-0.39, 0.29) is 17.3 Å². The Labute approximate surface area is 155 Å². The Morgan fingerprint density at radius 3 is 2.27 bits per heavy atom. The molecule has 0 aliphatic carbocycles. The summed E-state index contributed by atoms with van der Waals surface area (Å²) in [6.45, 7) is 2.62. The fraction of sp³-hybridized carbons (Fsp3) is 0.316. The lowest BCUT2D eigenvalue weighted by Gasteiger charge is -2.17. The number of amides is 1. The van der Waals surface area contributed by atoms with Gasteiger partial charge in [-0.15, -0.1) is 0 Å². The molecule has 0 radical (unpaired) electrons. The van der Waals surface area contributed by atoms with E-state index in [1.807, 2.05) is 37.3 Å². The highest BCUT2D eigenvalue weighted by atomic mass is 32.2. The Morgan fingerprint density at radius 2 is 1.65 bits per heavy atom. The van der Waals surface area contributed by atoms with Crippen LogP contribution in [-0.4, -0.2) is 38.8 Å². The number of para-hydroxylation sites is 1. The van der Waals surface area contributed by atoms with Crippen LogP contribution >= 0.6 is 0 Å². The van der Waals surface area contributed by atoms with Gasteiger partial charge in [0.25, 0.3) is 0 Å². The van der Waals surface area contributed by atoms with Crippen LogP contribution < -0.4 is 10.6 Å². The first-order chi connectivity index (χ1) is 12.4. The van der Waals surface area contributed by atoms with Crippen LogP contribution in [0.2, 0.25) is 0 Å². The van der Waals surface area contributed by atoms with Gasteiger partial charge in [0.15, 0.2) is 0 Å². The molecule has 26 heavy (non-hydrogen) atoms. The van der Waals surface area contributed by atoms with Gasteiger partial charge in [-0.05, 0) is 42.8 Å². The van der Waals surface area contributed by atoms with E-state index in [0.29, 0.717) is 12.2 Å². The fourth-order valence-corrected chi connectivity index (χ4v) is 3.54. The van der Waals surface area contributed by atoms with Gasteiger partial charge in [-0.3, -0.25) is 4.79 Å². The molecule has 1 amide bonds. The van der Waals surface area contributed by atoms with E-state index in [9.17, 15) is 13.2 Å². The van der Waals surface area contributed by atoms with Crippen molar-refractivity contribution < 1.29 is 13.2 Å². The molecule has 0 saturated heterocycles. The van der Waals surface area contributed by atoms with Gasteiger partial charge in [0.2, 0.25) is 15.9 Å². The zero-order chi connectivity index (χ0) is 19.0. The van der Waals surface area contributed by atoms with E-state index in [1.54, 1.807) is 31.3 Å². The normalized spacial score (nSPS) is 11.3. The summed E-state index contributed by atoms with van der Waals surface area (Å²) < 4.78 is 26.3. The third-order valence-electron chi connectivity index (χ3n) is 3.90. The van der Waals surface area contributed by atoms with Crippen LogP contribution in [0.25, 0.3) is 0 Å². The third kappa shape index (κ3) is 5.57. The molecule has 2 aromatic rings. The molecule has 0 aliphatic heterocycles. The Kier molecular flexibility index (Phi) is 7.17. The molecule has 0 aromatic heterocycles. The molecule has 2 N–H and O–H groups in total. The van der Waals surface area contributed by atoms with Crippen molar-refractivity contribution in [1.82, 2.24) is 4.31 Å². The van der Waals surface area contributed by atoms with Crippen molar-refractivity contribution in [1.29, 1.82) is 0 Å². The van der Waals surface area contributed by atoms with Crippen LogP contribution in [0, 0.1) is 0 Å². The lowest BCUT2D eigenvalue weighted by atomic mass is 10.3. The number of rotatable bonds is 9. The van der Waals surface area contributed by atoms with Gasteiger partial charge in [-0.2, -0.15) is 0 Å². The number of nitrogens with one attached hydrogen (secondary N) is 2. The van der Waals surface area contributed by atoms with Crippen molar-refractivity contribution >= 4 is 27.3 Å². The van der Waals surface area contributed by atoms with Gasteiger partial charge >= 0.3 is 0 Å². The quantitative estimate of drug-likeness (QED) is 0.706. The highest BCUT2D eigenvalue weighted by Gasteiger charge is 2.19. The average molecular weight is 375 g/mol. The van der Waals surface area contributed by atoms with E-state index in [4.69, 9.17) is 0 Å². The Morgan fingerprint density at radius 1 is 1.00 bits per heavy atom. The minimum Gasteiger partial charge on any atom is -0.376 e. The Hall–Kier alpha value is -2.38. The lowest BCUT2D eigenvalue weighted by Crippen LogP contribution is -2.27. The largest absolute Gasteiger partial charge is 0.376 e. The van der Waals surface area contributed by atoms with Gasteiger partial charge < -0.3 is 10.6 Å². The minimum absolute atomic E-state index is 0.0946. The number of anilines is 2. The fourth-order valence-electron chi connectivity index (χ4n) is 2.33. The van der Waals surface area contributed by atoms with Crippen LogP contribution in [-0.2, 0) is 14.8 Å². The van der Waals surface area contributed by atoms with E-state index < -0.39 is 10.0 Å². The maximum Gasteiger partial charge on any atom is 0.243 e. The Bertz CT molecular complexity index is 806. The molecule has 2 rings (SSSR count). The maximum atomic E-state index is 12.5. The number of benzene rings is 2. The van der Waals surface area contributed by atoms with Crippen LogP contribution in [0.15, 0.2) is 59.5 Å². The molecule has 0 spiro atoms. The van der Waals surface area contributed by atoms with Crippen molar-refractivity contribution in [3.8, 4) is 0 Å². The molecule has 140 valence electrons. The van der Waals surface area contributed by atoms with Gasteiger partial charge in [-0.1, -0.05) is 31.5 Å². The topological polar surface area (TPSA) is 78.5 Å². The van der Waals surface area contributed by atoms with E-state index in [2.05, 4.69) is 10.6 Å². The molecule has 0 bridgehead atoms. The summed E-state index contributed by atoms with van der Waals surface area (Å²) in [7, 11) is -1.89. The minimum atomic E-state index is -3.47. The molecule has 0 unspecified atom stereocenters. The summed E-state index contributed by atoms with van der Waals surface area (Å²) in [5, 5.41) is 5.76. The van der Waals surface area contributed by atoms with Crippen LogP contribution in [0.4, 0.5) is 11.4 Å². The second-order valence-corrected chi connectivity index (χ2v) is 8.02. The average Bonchev–Trinajstić information content (AvgIpc) is 2.65. The van der Waals surface area contributed by atoms with Crippen molar-refractivity contribution in [3.05, 3.63) is 54.6 Å². The summed E-state index contributed by atoms with van der Waals surface area (Å²) in [4.78, 5) is 12.2. The van der Waals surface area contributed by atoms with Gasteiger partial charge in [0.05, 0.1) is 11.4 Å². The second-order valence-electron chi connectivity index (χ2n) is 5.97. The van der Waals surface area contributed by atoms with Crippen molar-refractivity contribution in [3.63, 3.8) is 0 Å². The first kappa shape index (κ1) is 19.9. The summed E-state index contributed by atoms with van der Waals surface area (Å²) in [5.41, 5.74) is 1.42. The van der Waals surface area contributed by atoms with Crippen LogP contribution in [0.3, 0.4) is 0 Å². The number of sulfonamides is 1. The number of nitrogens with zero attached hydrogens (tertiary/aromatic N) is 1. The molecular weight excluding hydrogens is 350 g/mol. The summed E-state index contributed by atoms with van der Waals surface area (Å²) in [5.74, 6) is -0.174. The van der Waals surface area contributed by atoms with E-state index in [0.717, 1.165) is 18.5 Å². The highest BCUT2D eigenvalue weighted by Crippen LogP contribution is 2.18. The maximum absolute atomic E-state index is 12.5. The summed E-state index contributed by atoms with van der Waals surface area (Å²) in [6, 6.07) is 15.6. The first-order valence-electron chi connectivity index (χ1n) is 8.58. The van der Waals surface area contributed by atoms with Crippen LogP contribution in [0.5, 0.6) is 0 Å². The molecule has 6 nitrogen and oxygen atoms in total. The molecule has 0 atom stereocenters. The predicted molar refractivity (Wildman–Crippen MR) is 105 cm³/mol. The number of carbonyl (C=O) groups is 1. The summed E-state index contributed by atoms with van der Waals surface area (Å²) >= 11 is 0. The van der Waals surface area contributed by atoms with Crippen molar-refractivity contribution in [2.45, 2.75) is 24.7 Å². The first-order valence-corrected chi connectivity index (χ1v) is 10.0. The van der Waals surface area contributed by atoms with Gasteiger partial charge in [0.1, 0.15) is 0 Å².